The van der Waals surface area contributed by atoms with Gasteiger partial charge in [0.2, 0.25) is 0 Å². The van der Waals surface area contributed by atoms with Crippen molar-refractivity contribution in [1.29, 1.82) is 0 Å². The van der Waals surface area contributed by atoms with E-state index in [9.17, 15) is 0 Å². The molecule has 4 heteroatoms. The lowest BCUT2D eigenvalue weighted by Gasteiger charge is -2.24. The van der Waals surface area contributed by atoms with Gasteiger partial charge >= 0.3 is 0 Å². The van der Waals surface area contributed by atoms with Gasteiger partial charge in [0.1, 0.15) is 0 Å². The lowest BCUT2D eigenvalue weighted by molar-refractivity contribution is 0.525. The minimum Gasteiger partial charge on any atom is -0.321 e. The third-order valence-electron chi connectivity index (χ3n) is 2.96. The fourth-order valence-electron chi connectivity index (χ4n) is 1.59. The molecule has 3 nitrogen and oxygen atoms in total. The van der Waals surface area contributed by atoms with Gasteiger partial charge < -0.3 is 5.73 Å². The van der Waals surface area contributed by atoms with E-state index in [0.717, 1.165) is 12.8 Å². The Morgan fingerprint density at radius 3 is 2.85 bits per heavy atom. The van der Waals surface area contributed by atoms with Crippen LogP contribution in [0, 0.1) is 0 Å². The summed E-state index contributed by atoms with van der Waals surface area (Å²) in [5, 5.41) is 4.37. The van der Waals surface area contributed by atoms with Gasteiger partial charge in [-0.1, -0.05) is 0 Å². The first-order valence-corrected chi connectivity index (χ1v) is 5.85. The highest BCUT2D eigenvalue weighted by Crippen LogP contribution is 2.42. The molecule has 0 atom stereocenters. The number of nitrogens with two attached hydrogens (primary N) is 1. The highest BCUT2D eigenvalue weighted by atomic mass is 32.2. The van der Waals surface area contributed by atoms with Crippen molar-refractivity contribution >= 4 is 11.8 Å². The maximum Gasteiger partial charge on any atom is 0.0699 e. The van der Waals surface area contributed by atoms with Crippen molar-refractivity contribution < 1.29 is 0 Å². The van der Waals surface area contributed by atoms with Crippen LogP contribution in [0.4, 0.5) is 0 Å². The zero-order valence-electron chi connectivity index (χ0n) is 7.44. The van der Waals surface area contributed by atoms with Gasteiger partial charge in [0.15, 0.2) is 0 Å². The number of thioether (sulfide) groups is 1. The molecule has 0 aromatic carbocycles. The maximum absolute atomic E-state index is 6.08. The highest BCUT2D eigenvalue weighted by molar-refractivity contribution is 8.00. The Bertz CT molecular complexity index is 325. The minimum absolute atomic E-state index is 0.0187. The molecule has 1 saturated heterocycles. The summed E-state index contributed by atoms with van der Waals surface area (Å²) in [5.74, 6) is 2.41. The van der Waals surface area contributed by atoms with Crippen molar-refractivity contribution in [2.24, 2.45) is 5.73 Å². The third kappa shape index (κ3) is 1.20. The van der Waals surface area contributed by atoms with Crippen molar-refractivity contribution in [2.75, 3.05) is 11.5 Å². The van der Waals surface area contributed by atoms with Gasteiger partial charge in [-0.3, -0.25) is 4.68 Å². The van der Waals surface area contributed by atoms with E-state index in [-0.39, 0.29) is 5.54 Å². The summed E-state index contributed by atoms with van der Waals surface area (Å²) in [6.07, 6.45) is 6.32. The Hall–Kier alpha value is -0.480. The molecule has 70 valence electrons. The van der Waals surface area contributed by atoms with Crippen LogP contribution >= 0.6 is 11.8 Å². The average molecular weight is 195 g/mol. The smallest absolute Gasteiger partial charge is 0.0699 e. The monoisotopic (exact) mass is 195 g/mol. The predicted molar refractivity (Wildman–Crippen MR) is 53.7 cm³/mol. The normalized spacial score (nSPS) is 25.6. The van der Waals surface area contributed by atoms with E-state index in [0.29, 0.717) is 6.04 Å². The van der Waals surface area contributed by atoms with Crippen LogP contribution in [-0.2, 0) is 5.54 Å². The molecule has 0 spiro atoms. The molecule has 0 amide bonds. The lowest BCUT2D eigenvalue weighted by Crippen LogP contribution is -2.23. The molecule has 2 fully saturated rings. The van der Waals surface area contributed by atoms with Crippen LogP contribution < -0.4 is 5.73 Å². The van der Waals surface area contributed by atoms with Crippen molar-refractivity contribution in [3.05, 3.63) is 18.0 Å². The van der Waals surface area contributed by atoms with Crippen LogP contribution in [-0.4, -0.2) is 21.3 Å². The summed E-state index contributed by atoms with van der Waals surface area (Å²) >= 11 is 1.98. The van der Waals surface area contributed by atoms with E-state index in [2.05, 4.69) is 16.0 Å². The van der Waals surface area contributed by atoms with Crippen LogP contribution in [0.5, 0.6) is 0 Å². The van der Waals surface area contributed by atoms with Crippen LogP contribution in [0.15, 0.2) is 12.4 Å². The van der Waals surface area contributed by atoms with Gasteiger partial charge in [0.05, 0.1) is 12.2 Å². The van der Waals surface area contributed by atoms with E-state index in [1.807, 2.05) is 18.0 Å². The van der Waals surface area contributed by atoms with E-state index < -0.39 is 0 Å². The van der Waals surface area contributed by atoms with E-state index in [1.54, 1.807) is 0 Å². The largest absolute Gasteiger partial charge is 0.321 e. The molecular weight excluding hydrogens is 182 g/mol. The van der Waals surface area contributed by atoms with Crippen LogP contribution in [0.1, 0.15) is 24.4 Å². The number of nitrogens with zero attached hydrogens (tertiary/aromatic N) is 2. The molecule has 0 bridgehead atoms. The number of aromatic nitrogens is 2. The summed E-state index contributed by atoms with van der Waals surface area (Å²) in [5.41, 5.74) is 7.29. The molecule has 1 saturated carbocycles. The zero-order valence-corrected chi connectivity index (χ0v) is 8.26. The van der Waals surface area contributed by atoms with E-state index in [4.69, 9.17) is 5.73 Å². The summed E-state index contributed by atoms with van der Waals surface area (Å²) < 4.78 is 2.08. The first kappa shape index (κ1) is 7.88. The van der Waals surface area contributed by atoms with Gasteiger partial charge in [-0.25, -0.2) is 0 Å². The van der Waals surface area contributed by atoms with Crippen molar-refractivity contribution in [3.8, 4) is 0 Å². The fraction of sp³-hybridized carbons (Fsp3) is 0.667. The molecule has 1 aliphatic carbocycles. The van der Waals surface area contributed by atoms with Gasteiger partial charge in [-0.05, 0) is 12.8 Å². The Kier molecular flexibility index (Phi) is 1.52. The maximum atomic E-state index is 6.08. The Balaban J connectivity index is 1.85. The summed E-state index contributed by atoms with van der Waals surface area (Å²) in [4.78, 5) is 0. The molecule has 1 aromatic heterocycles. The molecule has 1 aromatic rings. The van der Waals surface area contributed by atoms with Crippen molar-refractivity contribution in [2.45, 2.75) is 24.4 Å². The summed E-state index contributed by atoms with van der Waals surface area (Å²) in [7, 11) is 0. The second-order valence-corrected chi connectivity index (χ2v) is 5.13. The quantitative estimate of drug-likeness (QED) is 0.769. The lowest BCUT2D eigenvalue weighted by atomic mass is 10.1. The van der Waals surface area contributed by atoms with E-state index in [1.165, 1.54) is 17.1 Å². The highest BCUT2D eigenvalue weighted by Gasteiger charge is 2.41. The molecular formula is C9H13N3S. The Labute approximate surface area is 81.7 Å². The SMILES string of the molecule is NC1(c2cnn(C3CSC3)c2)CC1. The van der Waals surface area contributed by atoms with Gasteiger partial charge in [-0.2, -0.15) is 16.9 Å². The van der Waals surface area contributed by atoms with Crippen molar-refractivity contribution in [1.82, 2.24) is 9.78 Å². The summed E-state index contributed by atoms with van der Waals surface area (Å²) in [6.45, 7) is 0. The molecule has 13 heavy (non-hydrogen) atoms. The topological polar surface area (TPSA) is 43.8 Å². The third-order valence-corrected chi connectivity index (χ3v) is 4.20. The molecule has 3 rings (SSSR count). The van der Waals surface area contributed by atoms with Gasteiger partial charge in [0.25, 0.3) is 0 Å². The first-order chi connectivity index (χ1) is 6.28. The molecule has 2 N–H and O–H groups in total. The van der Waals surface area contributed by atoms with Gasteiger partial charge in [-0.15, -0.1) is 0 Å². The number of hydrogen-bond donors (Lipinski definition) is 1. The number of rotatable bonds is 2. The van der Waals surface area contributed by atoms with Crippen LogP contribution in [0.2, 0.25) is 0 Å². The second-order valence-electron chi connectivity index (χ2n) is 4.06. The molecule has 0 radical (unpaired) electrons. The molecule has 2 aliphatic rings. The summed E-state index contributed by atoms with van der Waals surface area (Å²) in [6, 6.07) is 0.626. The van der Waals surface area contributed by atoms with Gasteiger partial charge in [0, 0.05) is 28.8 Å². The first-order valence-electron chi connectivity index (χ1n) is 4.69. The fourth-order valence-corrected chi connectivity index (χ4v) is 2.35. The number of hydrogen-bond acceptors (Lipinski definition) is 3. The Morgan fingerprint density at radius 1 is 1.54 bits per heavy atom. The predicted octanol–water partition coefficient (Wildman–Crippen LogP) is 1.12. The zero-order chi connectivity index (χ0) is 8.89. The van der Waals surface area contributed by atoms with Crippen molar-refractivity contribution in [3.63, 3.8) is 0 Å². The molecule has 1 aliphatic heterocycles. The second kappa shape index (κ2) is 2.51. The van der Waals surface area contributed by atoms with Crippen LogP contribution in [0.3, 0.4) is 0 Å². The van der Waals surface area contributed by atoms with E-state index >= 15 is 0 Å². The molecule has 0 unspecified atom stereocenters. The standard InChI is InChI=1S/C9H13N3S/c10-9(1-2-9)7-3-11-12(4-7)8-5-13-6-8/h3-4,8H,1-2,5-6,10H2. The van der Waals surface area contributed by atoms with Crippen LogP contribution in [0.25, 0.3) is 0 Å². The molecule has 2 heterocycles. The minimum atomic E-state index is -0.0187. The average Bonchev–Trinajstić information content (AvgIpc) is 2.61. The Morgan fingerprint density at radius 2 is 2.31 bits per heavy atom.